The second-order valence-electron chi connectivity index (χ2n) is 5.66. The van der Waals surface area contributed by atoms with Crippen molar-refractivity contribution in [2.45, 2.75) is 11.8 Å². The van der Waals surface area contributed by atoms with E-state index < -0.39 is 10.0 Å². The van der Waals surface area contributed by atoms with Gasteiger partial charge < -0.3 is 4.57 Å². The number of rotatable bonds is 3. The fourth-order valence-electron chi connectivity index (χ4n) is 2.82. The van der Waals surface area contributed by atoms with Gasteiger partial charge in [0.1, 0.15) is 6.07 Å². The summed E-state index contributed by atoms with van der Waals surface area (Å²) in [5.41, 5.74) is 2.66. The molecule has 0 spiro atoms. The van der Waals surface area contributed by atoms with Crippen molar-refractivity contribution < 1.29 is 8.42 Å². The molecule has 0 aliphatic rings. The number of nitriles is 2. The fraction of sp³-hybridized carbons (Fsp3) is 0.111. The lowest BCUT2D eigenvalue weighted by Crippen LogP contribution is -2.14. The first kappa shape index (κ1) is 16.6. The van der Waals surface area contributed by atoms with Gasteiger partial charge in [-0.1, -0.05) is 12.1 Å². The average molecular weight is 350 g/mol. The Bertz CT molecular complexity index is 1180. The van der Waals surface area contributed by atoms with Gasteiger partial charge in [0.05, 0.1) is 33.3 Å². The Morgan fingerprint density at radius 2 is 1.88 bits per heavy atom. The number of aromatic nitrogens is 1. The lowest BCUT2D eigenvalue weighted by molar-refractivity contribution is 0.601. The van der Waals surface area contributed by atoms with Crippen molar-refractivity contribution in [3.8, 4) is 12.1 Å². The highest BCUT2D eigenvalue weighted by Crippen LogP contribution is 2.31. The largest absolute Gasteiger partial charge is 0.347 e. The molecule has 6 nitrogen and oxygen atoms in total. The molecule has 3 aromatic rings. The number of nitrogens with one attached hydrogen (secondary N) is 1. The number of fused-ring (bicyclic) bond motifs is 1. The Labute approximate surface area is 145 Å². The van der Waals surface area contributed by atoms with Gasteiger partial charge in [0.15, 0.2) is 0 Å². The summed E-state index contributed by atoms with van der Waals surface area (Å²) >= 11 is 0. The maximum absolute atomic E-state index is 12.7. The molecule has 0 aliphatic heterocycles. The van der Waals surface area contributed by atoms with Gasteiger partial charge in [-0.15, -0.1) is 0 Å². The van der Waals surface area contributed by atoms with Gasteiger partial charge in [0.25, 0.3) is 10.0 Å². The molecule has 25 heavy (non-hydrogen) atoms. The van der Waals surface area contributed by atoms with Crippen molar-refractivity contribution >= 4 is 26.6 Å². The first-order chi connectivity index (χ1) is 11.9. The molecule has 7 heteroatoms. The molecule has 0 unspecified atom stereocenters. The quantitative estimate of drug-likeness (QED) is 0.785. The maximum atomic E-state index is 12.7. The highest BCUT2D eigenvalue weighted by atomic mass is 32.2. The summed E-state index contributed by atoms with van der Waals surface area (Å²) in [6.07, 6.45) is 1.67. The van der Waals surface area contributed by atoms with E-state index in [1.807, 2.05) is 13.0 Å². The van der Waals surface area contributed by atoms with Crippen molar-refractivity contribution in [1.82, 2.24) is 4.57 Å². The molecule has 1 N–H and O–H groups in total. The number of aryl methyl sites for hydroxylation is 2. The molecule has 3 rings (SSSR count). The predicted octanol–water partition coefficient (Wildman–Crippen LogP) is 3.03. The van der Waals surface area contributed by atoms with E-state index in [1.54, 1.807) is 36.0 Å². The van der Waals surface area contributed by atoms with E-state index >= 15 is 0 Å². The summed E-state index contributed by atoms with van der Waals surface area (Å²) in [6.45, 7) is 1.87. The summed E-state index contributed by atoms with van der Waals surface area (Å²) in [7, 11) is -2.10. The van der Waals surface area contributed by atoms with E-state index in [1.165, 1.54) is 18.2 Å². The Kier molecular flexibility index (Phi) is 3.96. The van der Waals surface area contributed by atoms with E-state index in [4.69, 9.17) is 5.26 Å². The lowest BCUT2D eigenvalue weighted by Gasteiger charge is -2.12. The first-order valence-corrected chi connectivity index (χ1v) is 8.87. The number of hydrogen-bond acceptors (Lipinski definition) is 4. The number of hydrogen-bond donors (Lipinski definition) is 1. The van der Waals surface area contributed by atoms with Crippen molar-refractivity contribution in [1.29, 1.82) is 10.5 Å². The van der Waals surface area contributed by atoms with E-state index in [0.717, 1.165) is 10.9 Å². The second-order valence-corrected chi connectivity index (χ2v) is 7.35. The monoisotopic (exact) mass is 350 g/mol. The Morgan fingerprint density at radius 1 is 1.12 bits per heavy atom. The molecular weight excluding hydrogens is 336 g/mol. The van der Waals surface area contributed by atoms with Gasteiger partial charge >= 0.3 is 0 Å². The van der Waals surface area contributed by atoms with Crippen molar-refractivity contribution in [3.05, 3.63) is 59.3 Å². The topological polar surface area (TPSA) is 98.7 Å². The van der Waals surface area contributed by atoms with Gasteiger partial charge in [-0.3, -0.25) is 4.72 Å². The van der Waals surface area contributed by atoms with Gasteiger partial charge in [-0.05, 0) is 36.8 Å². The smallest absolute Gasteiger partial charge is 0.262 e. The number of benzene rings is 2. The van der Waals surface area contributed by atoms with E-state index in [9.17, 15) is 13.7 Å². The van der Waals surface area contributed by atoms with Gasteiger partial charge in [0, 0.05) is 18.6 Å². The molecule has 0 bridgehead atoms. The van der Waals surface area contributed by atoms with Crippen LogP contribution in [0.2, 0.25) is 0 Å². The average Bonchev–Trinajstić information content (AvgIpc) is 2.95. The number of nitrogens with zero attached hydrogens (tertiary/aromatic N) is 3. The zero-order chi connectivity index (χ0) is 18.2. The third kappa shape index (κ3) is 2.82. The van der Waals surface area contributed by atoms with Crippen LogP contribution in [0, 0.1) is 29.6 Å². The molecule has 1 heterocycles. The van der Waals surface area contributed by atoms with Crippen LogP contribution in [0.1, 0.15) is 16.7 Å². The molecule has 0 atom stereocenters. The minimum atomic E-state index is -3.86. The highest BCUT2D eigenvalue weighted by Gasteiger charge is 2.19. The van der Waals surface area contributed by atoms with Gasteiger partial charge in [0.2, 0.25) is 0 Å². The van der Waals surface area contributed by atoms with Crippen LogP contribution in [-0.2, 0) is 17.1 Å². The van der Waals surface area contributed by atoms with Crippen molar-refractivity contribution in [2.24, 2.45) is 7.05 Å². The molecule has 0 saturated carbocycles. The Morgan fingerprint density at radius 3 is 2.56 bits per heavy atom. The van der Waals surface area contributed by atoms with Gasteiger partial charge in [-0.2, -0.15) is 10.5 Å². The molecule has 124 valence electrons. The minimum absolute atomic E-state index is 0.00925. The van der Waals surface area contributed by atoms with E-state index in [2.05, 4.69) is 10.8 Å². The molecule has 0 fully saturated rings. The SMILES string of the molecule is Cc1ccc(NS(=O)(=O)c2cccc(C#N)c2)c2c1c(C#N)cn2C. The van der Waals surface area contributed by atoms with Crippen LogP contribution in [0.3, 0.4) is 0 Å². The van der Waals surface area contributed by atoms with Gasteiger partial charge in [-0.25, -0.2) is 8.42 Å². The molecule has 0 aliphatic carbocycles. The van der Waals surface area contributed by atoms with Crippen LogP contribution in [0.5, 0.6) is 0 Å². The van der Waals surface area contributed by atoms with Crippen LogP contribution in [0.25, 0.3) is 10.9 Å². The zero-order valence-corrected chi connectivity index (χ0v) is 14.4. The Hall–Kier alpha value is -3.29. The van der Waals surface area contributed by atoms with E-state index in [0.29, 0.717) is 16.8 Å². The second kappa shape index (κ2) is 5.97. The van der Waals surface area contributed by atoms with Crippen LogP contribution in [-0.4, -0.2) is 13.0 Å². The number of sulfonamides is 1. The molecule has 0 saturated heterocycles. The van der Waals surface area contributed by atoms with Crippen molar-refractivity contribution in [2.75, 3.05) is 4.72 Å². The lowest BCUT2D eigenvalue weighted by atomic mass is 10.1. The summed E-state index contributed by atoms with van der Waals surface area (Å²) < 4.78 is 29.7. The molecule has 1 aromatic heterocycles. The van der Waals surface area contributed by atoms with Crippen molar-refractivity contribution in [3.63, 3.8) is 0 Å². The standard InChI is InChI=1S/C18H14N4O2S/c1-12-6-7-16(18-17(12)14(10-20)11-22(18)2)21-25(23,24)15-5-3-4-13(8-15)9-19/h3-8,11,21H,1-2H3. The normalized spacial score (nSPS) is 11.0. The fourth-order valence-corrected chi connectivity index (χ4v) is 3.94. The van der Waals surface area contributed by atoms with Crippen LogP contribution >= 0.6 is 0 Å². The summed E-state index contributed by atoms with van der Waals surface area (Å²) in [6, 6.07) is 13.3. The Balaban J connectivity index is 2.15. The predicted molar refractivity (Wildman–Crippen MR) is 94.3 cm³/mol. The molecule has 0 radical (unpaired) electrons. The molecule has 0 amide bonds. The summed E-state index contributed by atoms with van der Waals surface area (Å²) in [4.78, 5) is 0.00925. The van der Waals surface area contributed by atoms with Crippen LogP contribution < -0.4 is 4.72 Å². The van der Waals surface area contributed by atoms with E-state index in [-0.39, 0.29) is 10.5 Å². The third-order valence-corrected chi connectivity index (χ3v) is 5.33. The van der Waals surface area contributed by atoms with Crippen LogP contribution in [0.4, 0.5) is 5.69 Å². The first-order valence-electron chi connectivity index (χ1n) is 7.39. The highest BCUT2D eigenvalue weighted by molar-refractivity contribution is 7.92. The molecule has 2 aromatic carbocycles. The third-order valence-electron chi connectivity index (χ3n) is 3.97. The minimum Gasteiger partial charge on any atom is -0.347 e. The zero-order valence-electron chi connectivity index (χ0n) is 13.6. The number of anilines is 1. The summed E-state index contributed by atoms with van der Waals surface area (Å²) in [5, 5.41) is 19.0. The molecular formula is C18H14N4O2S. The maximum Gasteiger partial charge on any atom is 0.262 e. The van der Waals surface area contributed by atoms with Crippen LogP contribution in [0.15, 0.2) is 47.5 Å². The summed E-state index contributed by atoms with van der Waals surface area (Å²) in [5.74, 6) is 0.